The van der Waals surface area contributed by atoms with E-state index in [0.717, 1.165) is 41.8 Å². The Kier molecular flexibility index (Phi) is 3.70. The van der Waals surface area contributed by atoms with Crippen LogP contribution in [-0.2, 0) is 0 Å². The van der Waals surface area contributed by atoms with Crippen molar-refractivity contribution in [2.24, 2.45) is 5.92 Å². The molecule has 2 aromatic rings. The molecule has 2 heterocycles. The van der Waals surface area contributed by atoms with E-state index in [-0.39, 0.29) is 6.61 Å². The van der Waals surface area contributed by atoms with Gasteiger partial charge in [0, 0.05) is 31.2 Å². The summed E-state index contributed by atoms with van der Waals surface area (Å²) in [5, 5.41) is 12.8. The van der Waals surface area contributed by atoms with Crippen LogP contribution in [0.3, 0.4) is 0 Å². The maximum Gasteiger partial charge on any atom is 0.180 e. The average Bonchev–Trinajstić information content (AvgIpc) is 2.87. The van der Waals surface area contributed by atoms with E-state index in [9.17, 15) is 5.11 Å². The lowest BCUT2D eigenvalue weighted by atomic mass is 9.86. The molecule has 5 nitrogen and oxygen atoms in total. The number of aromatic nitrogens is 3. The van der Waals surface area contributed by atoms with Gasteiger partial charge in [-0.3, -0.25) is 0 Å². The van der Waals surface area contributed by atoms with Gasteiger partial charge in [-0.15, -0.1) is 0 Å². The van der Waals surface area contributed by atoms with Crippen LogP contribution in [-0.4, -0.2) is 32.1 Å². The Morgan fingerprint density at radius 2 is 2.37 bits per heavy atom. The van der Waals surface area contributed by atoms with E-state index in [1.54, 1.807) is 6.20 Å². The molecule has 0 aromatic carbocycles. The molecule has 2 N–H and O–H groups in total. The molecule has 1 aliphatic carbocycles. The minimum Gasteiger partial charge on any atom is -0.396 e. The zero-order valence-corrected chi connectivity index (χ0v) is 12.2. The maximum absolute atomic E-state index is 9.29. The summed E-state index contributed by atoms with van der Waals surface area (Å²) in [5.74, 6) is 1.22. The molecular weight excluding hydrogens is 308 g/mol. The van der Waals surface area contributed by atoms with Crippen LogP contribution in [0.4, 0.5) is 5.82 Å². The van der Waals surface area contributed by atoms with Gasteiger partial charge in [-0.1, -0.05) is 6.42 Å². The third kappa shape index (κ3) is 2.74. The number of nitrogens with zero attached hydrogens (tertiary/aromatic N) is 3. The van der Waals surface area contributed by atoms with Crippen LogP contribution in [0.2, 0.25) is 0 Å². The third-order valence-electron chi connectivity index (χ3n) is 3.73. The average molecular weight is 325 g/mol. The normalized spacial score (nSPS) is 23.7. The largest absolute Gasteiger partial charge is 0.396 e. The Morgan fingerprint density at radius 3 is 3.21 bits per heavy atom. The van der Waals surface area contributed by atoms with Gasteiger partial charge in [0.15, 0.2) is 11.5 Å². The summed E-state index contributed by atoms with van der Waals surface area (Å²) in [7, 11) is 0. The number of aliphatic hydroxyl groups is 1. The Morgan fingerprint density at radius 1 is 1.47 bits per heavy atom. The molecule has 1 fully saturated rings. The number of anilines is 1. The Balaban J connectivity index is 1.82. The molecular formula is C13H17BrN4O. The van der Waals surface area contributed by atoms with Gasteiger partial charge in [-0.05, 0) is 41.1 Å². The van der Waals surface area contributed by atoms with Crippen molar-refractivity contribution in [3.8, 4) is 0 Å². The SMILES string of the molecule is OCC1CCCC(Nc2nc(Br)cn3ccnc23)C1. The highest BCUT2D eigenvalue weighted by Crippen LogP contribution is 2.27. The highest BCUT2D eigenvalue weighted by molar-refractivity contribution is 9.10. The third-order valence-corrected chi connectivity index (χ3v) is 4.11. The summed E-state index contributed by atoms with van der Waals surface area (Å²) in [4.78, 5) is 8.81. The molecule has 3 rings (SSSR count). The first-order chi connectivity index (χ1) is 9.26. The van der Waals surface area contributed by atoms with Crippen molar-refractivity contribution in [1.29, 1.82) is 0 Å². The van der Waals surface area contributed by atoms with Gasteiger partial charge < -0.3 is 14.8 Å². The Hall–Kier alpha value is -1.14. The zero-order valence-electron chi connectivity index (χ0n) is 10.6. The maximum atomic E-state index is 9.29. The van der Waals surface area contributed by atoms with Crippen molar-refractivity contribution in [3.05, 3.63) is 23.2 Å². The molecule has 0 saturated heterocycles. The first-order valence-electron chi connectivity index (χ1n) is 6.63. The number of imidazole rings is 1. The molecule has 0 spiro atoms. The summed E-state index contributed by atoms with van der Waals surface area (Å²) in [6.07, 6.45) is 9.97. The van der Waals surface area contributed by atoms with Crippen LogP contribution < -0.4 is 5.32 Å². The summed E-state index contributed by atoms with van der Waals surface area (Å²) in [6, 6.07) is 0.369. The van der Waals surface area contributed by atoms with Crippen LogP contribution in [0.25, 0.3) is 5.65 Å². The van der Waals surface area contributed by atoms with Crippen LogP contribution in [0.1, 0.15) is 25.7 Å². The predicted molar refractivity (Wildman–Crippen MR) is 77.1 cm³/mol. The standard InChI is InChI=1S/C13H17BrN4O/c14-11-7-18-5-4-15-13(18)12(17-11)16-10-3-1-2-9(6-10)8-19/h4-5,7,9-10,19H,1-3,6,8H2,(H,16,17). The van der Waals surface area contributed by atoms with E-state index in [0.29, 0.717) is 12.0 Å². The van der Waals surface area contributed by atoms with Crippen LogP contribution >= 0.6 is 15.9 Å². The van der Waals surface area contributed by atoms with Gasteiger partial charge in [-0.25, -0.2) is 9.97 Å². The second kappa shape index (κ2) is 5.46. The molecule has 2 atom stereocenters. The minimum absolute atomic E-state index is 0.281. The lowest BCUT2D eigenvalue weighted by molar-refractivity contribution is 0.184. The number of hydrogen-bond acceptors (Lipinski definition) is 4. The molecule has 2 unspecified atom stereocenters. The fraction of sp³-hybridized carbons (Fsp3) is 0.538. The van der Waals surface area contributed by atoms with Crippen molar-refractivity contribution in [2.75, 3.05) is 11.9 Å². The molecule has 1 saturated carbocycles. The van der Waals surface area contributed by atoms with Gasteiger partial charge in [0.2, 0.25) is 0 Å². The van der Waals surface area contributed by atoms with E-state index >= 15 is 0 Å². The van der Waals surface area contributed by atoms with E-state index in [2.05, 4.69) is 31.2 Å². The molecule has 1 aliphatic rings. The van der Waals surface area contributed by atoms with Crippen LogP contribution in [0, 0.1) is 5.92 Å². The van der Waals surface area contributed by atoms with E-state index in [1.165, 1.54) is 0 Å². The van der Waals surface area contributed by atoms with Crippen LogP contribution in [0.5, 0.6) is 0 Å². The molecule has 6 heteroatoms. The number of rotatable bonds is 3. The second-order valence-electron chi connectivity index (χ2n) is 5.13. The molecule has 102 valence electrons. The number of hydrogen-bond donors (Lipinski definition) is 2. The molecule has 0 radical (unpaired) electrons. The van der Waals surface area contributed by atoms with Crippen molar-refractivity contribution in [3.63, 3.8) is 0 Å². The zero-order chi connectivity index (χ0) is 13.2. The first kappa shape index (κ1) is 12.9. The van der Waals surface area contributed by atoms with E-state index in [4.69, 9.17) is 0 Å². The summed E-state index contributed by atoms with van der Waals surface area (Å²) in [6.45, 7) is 0.281. The highest BCUT2D eigenvalue weighted by atomic mass is 79.9. The van der Waals surface area contributed by atoms with Gasteiger partial charge in [0.1, 0.15) is 4.60 Å². The van der Waals surface area contributed by atoms with Gasteiger partial charge in [-0.2, -0.15) is 0 Å². The summed E-state index contributed by atoms with van der Waals surface area (Å²) in [5.41, 5.74) is 0.842. The molecule has 0 aliphatic heterocycles. The molecule has 0 bridgehead atoms. The monoisotopic (exact) mass is 324 g/mol. The number of nitrogens with one attached hydrogen (secondary N) is 1. The minimum atomic E-state index is 0.281. The van der Waals surface area contributed by atoms with Gasteiger partial charge in [0.05, 0.1) is 0 Å². The highest BCUT2D eigenvalue weighted by Gasteiger charge is 2.22. The van der Waals surface area contributed by atoms with E-state index in [1.807, 2.05) is 16.8 Å². The number of aliphatic hydroxyl groups excluding tert-OH is 1. The summed E-state index contributed by atoms with van der Waals surface area (Å²) >= 11 is 3.42. The number of halogens is 1. The van der Waals surface area contributed by atoms with Crippen molar-refractivity contribution < 1.29 is 5.11 Å². The van der Waals surface area contributed by atoms with Crippen molar-refractivity contribution in [2.45, 2.75) is 31.7 Å². The fourth-order valence-corrected chi connectivity index (χ4v) is 3.18. The predicted octanol–water partition coefficient (Wildman–Crippen LogP) is 2.45. The lowest BCUT2D eigenvalue weighted by Gasteiger charge is -2.29. The van der Waals surface area contributed by atoms with Crippen molar-refractivity contribution in [1.82, 2.24) is 14.4 Å². The molecule has 19 heavy (non-hydrogen) atoms. The Bertz CT molecular complexity index is 571. The summed E-state index contributed by atoms with van der Waals surface area (Å²) < 4.78 is 2.74. The lowest BCUT2D eigenvalue weighted by Crippen LogP contribution is -2.29. The van der Waals surface area contributed by atoms with Gasteiger partial charge in [0.25, 0.3) is 0 Å². The second-order valence-corrected chi connectivity index (χ2v) is 5.94. The topological polar surface area (TPSA) is 62.5 Å². The number of fused-ring (bicyclic) bond motifs is 1. The Labute approximate surface area is 120 Å². The quantitative estimate of drug-likeness (QED) is 0.910. The van der Waals surface area contributed by atoms with Gasteiger partial charge >= 0.3 is 0 Å². The smallest absolute Gasteiger partial charge is 0.180 e. The van der Waals surface area contributed by atoms with Crippen LogP contribution in [0.15, 0.2) is 23.2 Å². The first-order valence-corrected chi connectivity index (χ1v) is 7.42. The molecule has 0 amide bonds. The van der Waals surface area contributed by atoms with E-state index < -0.39 is 0 Å². The fourth-order valence-electron chi connectivity index (χ4n) is 2.78. The molecule has 2 aromatic heterocycles. The van der Waals surface area contributed by atoms with Crippen molar-refractivity contribution >= 4 is 27.4 Å².